The molecule has 8 atom stereocenters. The number of carbonyl (C=O) groups is 1. The number of allylic oxidation sites excluding steroid dienone is 2. The first-order chi connectivity index (χ1) is 14.6. The van der Waals surface area contributed by atoms with Crippen molar-refractivity contribution in [3.8, 4) is 0 Å². The highest BCUT2D eigenvalue weighted by Crippen LogP contribution is 2.72. The summed E-state index contributed by atoms with van der Waals surface area (Å²) in [6, 6.07) is 0. The zero-order valence-electron chi connectivity index (χ0n) is 20.8. The summed E-state index contributed by atoms with van der Waals surface area (Å²) >= 11 is 0. The zero-order chi connectivity index (χ0) is 22.2. The van der Waals surface area contributed by atoms with Crippen molar-refractivity contribution in [3.05, 3.63) is 11.6 Å². The van der Waals surface area contributed by atoms with Crippen LogP contribution in [0.2, 0.25) is 0 Å². The predicted octanol–water partition coefficient (Wildman–Crippen LogP) is 6.96. The van der Waals surface area contributed by atoms with Crippen molar-refractivity contribution < 1.29 is 9.90 Å². The predicted molar refractivity (Wildman–Crippen MR) is 126 cm³/mol. The van der Waals surface area contributed by atoms with Crippen molar-refractivity contribution in [2.45, 2.75) is 111 Å². The second-order valence-electron chi connectivity index (χ2n) is 13.2. The van der Waals surface area contributed by atoms with Gasteiger partial charge >= 0.3 is 0 Å². The minimum absolute atomic E-state index is 0.0112. The second kappa shape index (κ2) is 7.44. The van der Waals surface area contributed by atoms with Gasteiger partial charge in [-0.25, -0.2) is 0 Å². The number of hydrogen-bond donors (Lipinski definition) is 1. The molecule has 174 valence electrons. The normalized spacial score (nSPS) is 45.0. The minimum atomic E-state index is -0.145. The Bertz CT molecular complexity index is 761. The lowest BCUT2D eigenvalue weighted by atomic mass is 9.45. The number of ketones is 1. The average Bonchev–Trinajstić information content (AvgIpc) is 3.44. The Hall–Kier alpha value is -0.630. The SMILES string of the molecule is CC(C)[C@H](O)CC[C@@H](C)[C@H]1CC[C@H]2[C@@H]3CC=C4C5(CC5)C(=O)CC[C@]4(C)[C@H]3CC[C@]12C. The maximum atomic E-state index is 12.8. The van der Waals surface area contributed by atoms with Gasteiger partial charge in [0, 0.05) is 6.42 Å². The standard InChI is InChI=1S/C29H46O2/c1-18(2)24(30)10-6-19(3)21-8-9-22-20-7-11-25-28(5,23(20)12-14-27(21,22)4)15-13-26(31)29(25)16-17-29/h11,18-24,30H,6-10,12-17H2,1-5H3/t19-,20+,21-,22+,23+,24-,27-,28-/m1/s1. The van der Waals surface area contributed by atoms with Gasteiger partial charge in [-0.1, -0.05) is 46.3 Å². The number of rotatable bonds is 5. The molecule has 0 aromatic heterocycles. The molecule has 0 aliphatic heterocycles. The van der Waals surface area contributed by atoms with E-state index in [1.807, 2.05) is 0 Å². The van der Waals surface area contributed by atoms with Crippen LogP contribution in [0.5, 0.6) is 0 Å². The first kappa shape index (κ1) is 22.2. The Morgan fingerprint density at radius 2 is 1.74 bits per heavy atom. The Balaban J connectivity index is 1.35. The summed E-state index contributed by atoms with van der Waals surface area (Å²) in [5.74, 6) is 4.95. The summed E-state index contributed by atoms with van der Waals surface area (Å²) in [6.45, 7) is 11.9. The molecule has 1 N–H and O–H groups in total. The molecule has 0 aromatic rings. The molecule has 0 bridgehead atoms. The van der Waals surface area contributed by atoms with Crippen LogP contribution in [0.3, 0.4) is 0 Å². The van der Waals surface area contributed by atoms with E-state index in [1.165, 1.54) is 38.5 Å². The summed E-state index contributed by atoms with van der Waals surface area (Å²) in [4.78, 5) is 12.8. The van der Waals surface area contributed by atoms with Crippen LogP contribution in [0.4, 0.5) is 0 Å². The van der Waals surface area contributed by atoms with E-state index in [2.05, 4.69) is 40.7 Å². The van der Waals surface area contributed by atoms with E-state index in [0.29, 0.717) is 28.4 Å². The molecule has 4 saturated carbocycles. The van der Waals surface area contributed by atoms with Crippen LogP contribution in [0, 0.1) is 51.8 Å². The topological polar surface area (TPSA) is 37.3 Å². The van der Waals surface area contributed by atoms with E-state index in [-0.39, 0.29) is 11.5 Å². The molecule has 0 amide bonds. The maximum absolute atomic E-state index is 12.8. The summed E-state index contributed by atoms with van der Waals surface area (Å²) in [5.41, 5.74) is 2.35. The Morgan fingerprint density at radius 1 is 1.00 bits per heavy atom. The fourth-order valence-corrected chi connectivity index (χ4v) is 9.54. The van der Waals surface area contributed by atoms with Crippen LogP contribution in [0.1, 0.15) is 105 Å². The third-order valence-corrected chi connectivity index (χ3v) is 11.6. The third-order valence-electron chi connectivity index (χ3n) is 11.6. The Morgan fingerprint density at radius 3 is 2.42 bits per heavy atom. The van der Waals surface area contributed by atoms with Crippen LogP contribution in [0.15, 0.2) is 11.6 Å². The summed E-state index contributed by atoms with van der Waals surface area (Å²) in [6.07, 6.45) is 15.6. The van der Waals surface area contributed by atoms with Crippen LogP contribution in [-0.4, -0.2) is 17.0 Å². The van der Waals surface area contributed by atoms with Crippen LogP contribution >= 0.6 is 0 Å². The molecule has 0 aromatic carbocycles. The van der Waals surface area contributed by atoms with E-state index >= 15 is 0 Å². The Labute approximate surface area is 190 Å². The lowest BCUT2D eigenvalue weighted by molar-refractivity contribution is -0.128. The zero-order valence-corrected chi connectivity index (χ0v) is 20.8. The molecule has 5 aliphatic rings. The highest BCUT2D eigenvalue weighted by atomic mass is 16.3. The van der Waals surface area contributed by atoms with Gasteiger partial charge < -0.3 is 5.11 Å². The molecule has 5 aliphatic carbocycles. The van der Waals surface area contributed by atoms with Gasteiger partial charge in [0.1, 0.15) is 5.78 Å². The van der Waals surface area contributed by atoms with Crippen LogP contribution in [0.25, 0.3) is 0 Å². The van der Waals surface area contributed by atoms with Gasteiger partial charge in [0.05, 0.1) is 11.5 Å². The highest BCUT2D eigenvalue weighted by Gasteiger charge is 2.65. The van der Waals surface area contributed by atoms with Crippen LogP contribution in [-0.2, 0) is 4.79 Å². The van der Waals surface area contributed by atoms with Gasteiger partial charge in [-0.3, -0.25) is 4.79 Å². The van der Waals surface area contributed by atoms with Crippen molar-refractivity contribution in [1.29, 1.82) is 0 Å². The molecule has 4 fully saturated rings. The Kier molecular flexibility index (Phi) is 5.32. The molecule has 31 heavy (non-hydrogen) atoms. The van der Waals surface area contributed by atoms with Crippen molar-refractivity contribution in [3.63, 3.8) is 0 Å². The van der Waals surface area contributed by atoms with Crippen molar-refractivity contribution in [2.75, 3.05) is 0 Å². The van der Waals surface area contributed by atoms with Crippen molar-refractivity contribution >= 4 is 5.78 Å². The molecule has 0 radical (unpaired) electrons. The highest BCUT2D eigenvalue weighted by molar-refractivity contribution is 5.92. The lowest BCUT2D eigenvalue weighted by Crippen LogP contribution is -2.52. The van der Waals surface area contributed by atoms with Gasteiger partial charge in [-0.2, -0.15) is 0 Å². The minimum Gasteiger partial charge on any atom is -0.393 e. The number of Topliss-reactive ketones (excluding diaryl/α,β-unsaturated/α-hetero) is 1. The molecule has 2 nitrogen and oxygen atoms in total. The summed E-state index contributed by atoms with van der Waals surface area (Å²) in [7, 11) is 0. The summed E-state index contributed by atoms with van der Waals surface area (Å²) in [5, 5.41) is 10.3. The van der Waals surface area contributed by atoms with Crippen molar-refractivity contribution in [1.82, 2.24) is 0 Å². The molecular weight excluding hydrogens is 380 g/mol. The molecule has 2 heteroatoms. The van der Waals surface area contributed by atoms with Gasteiger partial charge in [0.2, 0.25) is 0 Å². The molecule has 0 heterocycles. The van der Waals surface area contributed by atoms with Gasteiger partial charge in [-0.05, 0) is 111 Å². The first-order valence-corrected chi connectivity index (χ1v) is 13.6. The molecular formula is C29H46O2. The number of carbonyl (C=O) groups excluding carboxylic acids is 1. The lowest BCUT2D eigenvalue weighted by Gasteiger charge is -2.59. The van der Waals surface area contributed by atoms with E-state index in [9.17, 15) is 9.90 Å². The molecule has 0 unspecified atom stereocenters. The first-order valence-electron chi connectivity index (χ1n) is 13.6. The van der Waals surface area contributed by atoms with Gasteiger partial charge in [0.15, 0.2) is 0 Å². The molecule has 0 saturated heterocycles. The average molecular weight is 427 g/mol. The van der Waals surface area contributed by atoms with E-state index in [0.717, 1.165) is 55.8 Å². The monoisotopic (exact) mass is 426 g/mol. The fraction of sp³-hybridized carbons (Fsp3) is 0.897. The second-order valence-corrected chi connectivity index (χ2v) is 13.2. The van der Waals surface area contributed by atoms with Gasteiger partial charge in [0.25, 0.3) is 0 Å². The smallest absolute Gasteiger partial charge is 0.143 e. The van der Waals surface area contributed by atoms with Crippen molar-refractivity contribution in [2.24, 2.45) is 51.8 Å². The number of aliphatic hydroxyl groups excluding tert-OH is 1. The number of fused-ring (bicyclic) bond motifs is 6. The van der Waals surface area contributed by atoms with Gasteiger partial charge in [-0.15, -0.1) is 0 Å². The third kappa shape index (κ3) is 3.17. The largest absolute Gasteiger partial charge is 0.393 e. The van der Waals surface area contributed by atoms with E-state index in [4.69, 9.17) is 0 Å². The van der Waals surface area contributed by atoms with Crippen LogP contribution < -0.4 is 0 Å². The fourth-order valence-electron chi connectivity index (χ4n) is 9.54. The number of hydrogen-bond acceptors (Lipinski definition) is 2. The quantitative estimate of drug-likeness (QED) is 0.483. The maximum Gasteiger partial charge on any atom is 0.143 e. The molecule has 5 rings (SSSR count). The van der Waals surface area contributed by atoms with E-state index in [1.54, 1.807) is 5.57 Å². The number of aliphatic hydroxyl groups is 1. The van der Waals surface area contributed by atoms with E-state index < -0.39 is 0 Å². The summed E-state index contributed by atoms with van der Waals surface area (Å²) < 4.78 is 0. The molecule has 1 spiro atoms.